The number of amides is 4. The van der Waals surface area contributed by atoms with Crippen LogP contribution in [0.25, 0.3) is 6.08 Å². The highest BCUT2D eigenvalue weighted by Gasteiger charge is 2.35. The Kier molecular flexibility index (Phi) is 6.54. The number of anilines is 2. The van der Waals surface area contributed by atoms with Crippen LogP contribution in [0.5, 0.6) is 11.5 Å². The van der Waals surface area contributed by atoms with Crippen LogP contribution in [0.2, 0.25) is 0 Å². The van der Waals surface area contributed by atoms with Crippen molar-refractivity contribution in [2.45, 2.75) is 0 Å². The number of benzene rings is 3. The van der Waals surface area contributed by atoms with Crippen LogP contribution < -0.4 is 25.0 Å². The molecule has 1 heterocycles. The molecule has 3 aromatic rings. The summed E-state index contributed by atoms with van der Waals surface area (Å²) >= 11 is 0. The number of halogens is 1. The van der Waals surface area contributed by atoms with Crippen LogP contribution in [0.4, 0.5) is 20.6 Å². The molecule has 0 bridgehead atoms. The van der Waals surface area contributed by atoms with Crippen molar-refractivity contribution in [3.63, 3.8) is 0 Å². The lowest BCUT2D eigenvalue weighted by molar-refractivity contribution is -0.118. The van der Waals surface area contributed by atoms with Crippen molar-refractivity contribution in [1.82, 2.24) is 5.32 Å². The number of nitrogens with zero attached hydrogens (tertiary/aromatic N) is 1. The predicted octanol–water partition coefficient (Wildman–Crippen LogP) is 3.95. The van der Waals surface area contributed by atoms with Crippen molar-refractivity contribution < 1.29 is 28.2 Å². The van der Waals surface area contributed by atoms with Crippen molar-refractivity contribution in [3.05, 3.63) is 89.9 Å². The van der Waals surface area contributed by atoms with E-state index < -0.39 is 23.7 Å². The standard InChI is InChI=1S/C25H20FN3O5/c1-33-21-9-5-6-16(23(21)34-15-22(30)27-18-12-10-17(26)11-13-18)14-20-24(31)29(25(32)28-20)19-7-3-2-4-8-19/h2-14H,15H2,1H3,(H,27,30)(H,28,32)/b20-14+. The van der Waals surface area contributed by atoms with Crippen LogP contribution in [0.15, 0.2) is 78.5 Å². The minimum absolute atomic E-state index is 0.0442. The zero-order valence-electron chi connectivity index (χ0n) is 18.1. The zero-order chi connectivity index (χ0) is 24.1. The molecule has 0 unspecified atom stereocenters. The molecule has 1 aliphatic heterocycles. The summed E-state index contributed by atoms with van der Waals surface area (Å²) in [6.45, 7) is -0.371. The Hall–Kier alpha value is -4.66. The van der Waals surface area contributed by atoms with Crippen molar-refractivity contribution >= 4 is 35.3 Å². The molecule has 0 aliphatic carbocycles. The van der Waals surface area contributed by atoms with E-state index in [9.17, 15) is 18.8 Å². The monoisotopic (exact) mass is 461 g/mol. The van der Waals surface area contributed by atoms with Gasteiger partial charge in [-0.25, -0.2) is 14.1 Å². The fourth-order valence-electron chi connectivity index (χ4n) is 3.33. The van der Waals surface area contributed by atoms with Gasteiger partial charge in [0.05, 0.1) is 12.8 Å². The van der Waals surface area contributed by atoms with Gasteiger partial charge in [-0.1, -0.05) is 30.3 Å². The minimum atomic E-state index is -0.577. The molecule has 1 saturated heterocycles. The molecule has 2 N–H and O–H groups in total. The molecule has 0 aromatic heterocycles. The van der Waals surface area contributed by atoms with Gasteiger partial charge in [-0.2, -0.15) is 0 Å². The Morgan fingerprint density at radius 3 is 2.47 bits per heavy atom. The Morgan fingerprint density at radius 2 is 1.76 bits per heavy atom. The molecule has 8 nitrogen and oxygen atoms in total. The average Bonchev–Trinajstić information content (AvgIpc) is 3.12. The van der Waals surface area contributed by atoms with Gasteiger partial charge in [0.1, 0.15) is 11.5 Å². The van der Waals surface area contributed by atoms with E-state index >= 15 is 0 Å². The molecule has 3 aromatic carbocycles. The fourth-order valence-corrected chi connectivity index (χ4v) is 3.33. The highest BCUT2D eigenvalue weighted by atomic mass is 19.1. The summed E-state index contributed by atoms with van der Waals surface area (Å²) in [5, 5.41) is 5.16. The first kappa shape index (κ1) is 22.5. The van der Waals surface area contributed by atoms with Crippen LogP contribution >= 0.6 is 0 Å². The molecular formula is C25H20FN3O5. The van der Waals surface area contributed by atoms with Gasteiger partial charge in [-0.15, -0.1) is 0 Å². The number of carbonyl (C=O) groups excluding carboxylic acids is 3. The van der Waals surface area contributed by atoms with Crippen molar-refractivity contribution in [3.8, 4) is 11.5 Å². The maximum absolute atomic E-state index is 13.1. The number of imide groups is 1. The SMILES string of the molecule is COc1cccc(/C=C2/NC(=O)N(c3ccccc3)C2=O)c1OCC(=O)Nc1ccc(F)cc1. The summed E-state index contributed by atoms with van der Waals surface area (Å²) in [6, 6.07) is 18.3. The molecule has 34 heavy (non-hydrogen) atoms. The number of methoxy groups -OCH3 is 1. The van der Waals surface area contributed by atoms with Gasteiger partial charge >= 0.3 is 6.03 Å². The van der Waals surface area contributed by atoms with Gasteiger partial charge in [0.25, 0.3) is 11.8 Å². The molecular weight excluding hydrogens is 441 g/mol. The second kappa shape index (κ2) is 9.86. The maximum Gasteiger partial charge on any atom is 0.333 e. The number of hydrogen-bond donors (Lipinski definition) is 2. The van der Waals surface area contributed by atoms with E-state index in [0.29, 0.717) is 22.7 Å². The number of rotatable bonds is 7. The third-order valence-electron chi connectivity index (χ3n) is 4.90. The third-order valence-corrected chi connectivity index (χ3v) is 4.90. The lowest BCUT2D eigenvalue weighted by atomic mass is 10.1. The second-order valence-electron chi connectivity index (χ2n) is 7.19. The molecule has 0 saturated carbocycles. The second-order valence-corrected chi connectivity index (χ2v) is 7.19. The molecule has 4 rings (SSSR count). The van der Waals surface area contributed by atoms with E-state index in [1.807, 2.05) is 0 Å². The first-order valence-electron chi connectivity index (χ1n) is 10.2. The Morgan fingerprint density at radius 1 is 1.03 bits per heavy atom. The maximum atomic E-state index is 13.1. The van der Waals surface area contributed by atoms with E-state index in [2.05, 4.69) is 10.6 Å². The number of carbonyl (C=O) groups is 3. The summed E-state index contributed by atoms with van der Waals surface area (Å²) in [5.41, 5.74) is 1.32. The Labute approximate surface area is 194 Å². The molecule has 1 aliphatic rings. The molecule has 0 spiro atoms. The van der Waals surface area contributed by atoms with Crippen LogP contribution in [-0.2, 0) is 9.59 Å². The first-order valence-corrected chi connectivity index (χ1v) is 10.2. The van der Waals surface area contributed by atoms with E-state index in [0.717, 1.165) is 4.90 Å². The van der Waals surface area contributed by atoms with E-state index in [1.165, 1.54) is 37.5 Å². The minimum Gasteiger partial charge on any atom is -0.493 e. The zero-order valence-corrected chi connectivity index (χ0v) is 18.1. The average molecular weight is 461 g/mol. The third kappa shape index (κ3) is 4.88. The number of urea groups is 1. The van der Waals surface area contributed by atoms with Crippen molar-refractivity contribution in [2.75, 3.05) is 23.9 Å². The van der Waals surface area contributed by atoms with Gasteiger partial charge in [-0.3, -0.25) is 9.59 Å². The van der Waals surface area contributed by atoms with E-state index in [1.54, 1.807) is 48.5 Å². The summed E-state index contributed by atoms with van der Waals surface area (Å²) in [5.74, 6) is -0.872. The van der Waals surface area contributed by atoms with Gasteiger partial charge in [0.15, 0.2) is 18.1 Å². The summed E-state index contributed by atoms with van der Waals surface area (Å²) in [7, 11) is 1.44. The summed E-state index contributed by atoms with van der Waals surface area (Å²) < 4.78 is 24.1. The largest absolute Gasteiger partial charge is 0.493 e. The van der Waals surface area contributed by atoms with E-state index in [-0.39, 0.29) is 18.1 Å². The molecule has 172 valence electrons. The van der Waals surface area contributed by atoms with Crippen LogP contribution in [0.3, 0.4) is 0 Å². The molecule has 0 radical (unpaired) electrons. The first-order chi connectivity index (χ1) is 16.5. The smallest absolute Gasteiger partial charge is 0.333 e. The van der Waals surface area contributed by atoms with Gasteiger partial charge < -0.3 is 20.1 Å². The lowest BCUT2D eigenvalue weighted by Gasteiger charge is -2.14. The topological polar surface area (TPSA) is 97.0 Å². The van der Waals surface area contributed by atoms with Crippen LogP contribution in [0, 0.1) is 5.82 Å². The number of para-hydroxylation sites is 2. The van der Waals surface area contributed by atoms with Crippen LogP contribution in [0.1, 0.15) is 5.56 Å². The number of nitrogens with one attached hydrogen (secondary N) is 2. The number of hydrogen-bond acceptors (Lipinski definition) is 5. The fraction of sp³-hybridized carbons (Fsp3) is 0.0800. The van der Waals surface area contributed by atoms with Crippen molar-refractivity contribution in [1.29, 1.82) is 0 Å². The quantitative estimate of drug-likeness (QED) is 0.410. The van der Waals surface area contributed by atoms with Crippen molar-refractivity contribution in [2.24, 2.45) is 0 Å². The summed E-state index contributed by atoms with van der Waals surface area (Å²) in [4.78, 5) is 38.7. The molecule has 1 fully saturated rings. The van der Waals surface area contributed by atoms with Gasteiger partial charge in [0, 0.05) is 11.3 Å². The molecule has 0 atom stereocenters. The van der Waals surface area contributed by atoms with Gasteiger partial charge in [0.2, 0.25) is 0 Å². The normalized spacial score (nSPS) is 14.2. The van der Waals surface area contributed by atoms with E-state index in [4.69, 9.17) is 9.47 Å². The highest BCUT2D eigenvalue weighted by Crippen LogP contribution is 2.33. The lowest BCUT2D eigenvalue weighted by Crippen LogP contribution is -2.30. The number of ether oxygens (including phenoxy) is 2. The molecule has 4 amide bonds. The summed E-state index contributed by atoms with van der Waals surface area (Å²) in [6.07, 6.45) is 1.46. The Balaban J connectivity index is 1.54. The van der Waals surface area contributed by atoms with Gasteiger partial charge in [-0.05, 0) is 48.5 Å². The molecule has 9 heteroatoms. The van der Waals surface area contributed by atoms with Crippen LogP contribution in [-0.4, -0.2) is 31.6 Å². The predicted molar refractivity (Wildman–Crippen MR) is 124 cm³/mol. The highest BCUT2D eigenvalue weighted by molar-refractivity contribution is 6.28. The Bertz CT molecular complexity index is 1260.